The molecule has 0 unspecified atom stereocenters. The predicted octanol–water partition coefficient (Wildman–Crippen LogP) is 5.69. The van der Waals surface area contributed by atoms with E-state index >= 15 is 0 Å². The van der Waals surface area contributed by atoms with Crippen molar-refractivity contribution >= 4 is 46.3 Å². The first-order chi connectivity index (χ1) is 13.0. The number of carbonyl (C=O) groups is 1. The molecule has 8 heteroatoms. The van der Waals surface area contributed by atoms with Gasteiger partial charge in [0.25, 0.3) is 0 Å². The first-order valence-electron chi connectivity index (χ1n) is 8.08. The van der Waals surface area contributed by atoms with E-state index in [1.165, 1.54) is 16.2 Å². The maximum Gasteiger partial charge on any atom is 0.321 e. The number of hydrogen-bond acceptors (Lipinski definition) is 4. The zero-order valence-electron chi connectivity index (χ0n) is 14.5. The molecule has 0 spiro atoms. The fourth-order valence-corrected chi connectivity index (χ4v) is 3.27. The lowest BCUT2D eigenvalue weighted by Gasteiger charge is -2.19. The third kappa shape index (κ3) is 5.35. The van der Waals surface area contributed by atoms with Crippen molar-refractivity contribution in [3.8, 4) is 5.75 Å². The van der Waals surface area contributed by atoms with E-state index in [1.54, 1.807) is 36.8 Å². The molecule has 3 rings (SSSR count). The van der Waals surface area contributed by atoms with Gasteiger partial charge in [-0.1, -0.05) is 41.4 Å². The molecule has 1 aromatic heterocycles. The summed E-state index contributed by atoms with van der Waals surface area (Å²) in [7, 11) is 1.69. The largest absolute Gasteiger partial charge is 0.487 e. The molecule has 2 aromatic carbocycles. The number of nitrogens with one attached hydrogen (secondary N) is 1. The zero-order valence-corrected chi connectivity index (χ0v) is 16.8. The van der Waals surface area contributed by atoms with Crippen molar-refractivity contribution in [3.63, 3.8) is 0 Å². The summed E-state index contributed by atoms with van der Waals surface area (Å²) in [4.78, 5) is 18.2. The van der Waals surface area contributed by atoms with Crippen molar-refractivity contribution in [1.82, 2.24) is 9.88 Å². The second-order valence-electron chi connectivity index (χ2n) is 5.80. The van der Waals surface area contributed by atoms with Gasteiger partial charge in [-0.3, -0.25) is 0 Å². The van der Waals surface area contributed by atoms with Crippen molar-refractivity contribution in [3.05, 3.63) is 74.7 Å². The summed E-state index contributed by atoms with van der Waals surface area (Å²) < 4.78 is 5.70. The predicted molar refractivity (Wildman–Crippen MR) is 110 cm³/mol. The smallest absolute Gasteiger partial charge is 0.321 e. The van der Waals surface area contributed by atoms with Crippen molar-refractivity contribution in [1.29, 1.82) is 0 Å². The summed E-state index contributed by atoms with van der Waals surface area (Å²) in [5.74, 6) is 0.654. The summed E-state index contributed by atoms with van der Waals surface area (Å²) in [6.07, 6.45) is 0. The van der Waals surface area contributed by atoms with Crippen LogP contribution >= 0.6 is 34.5 Å². The number of amides is 2. The van der Waals surface area contributed by atoms with Crippen LogP contribution in [0.4, 0.5) is 10.5 Å². The average molecular weight is 422 g/mol. The molecule has 140 valence electrons. The molecule has 1 heterocycles. The molecular weight excluding hydrogens is 405 g/mol. The van der Waals surface area contributed by atoms with Crippen LogP contribution in [0.25, 0.3) is 0 Å². The van der Waals surface area contributed by atoms with E-state index < -0.39 is 0 Å². The standard InChI is InChI=1S/C19H17Cl2N3O2S/c1-24(9-13-4-2-7-17(20)18(13)21)19(25)23-14-5-3-6-16(8-14)26-10-15-11-27-12-22-15/h2-8,11-12H,9-10H2,1H3,(H,23,25). The van der Waals surface area contributed by atoms with E-state index in [4.69, 9.17) is 27.9 Å². The van der Waals surface area contributed by atoms with Crippen molar-refractivity contribution in [2.75, 3.05) is 12.4 Å². The van der Waals surface area contributed by atoms with Gasteiger partial charge in [-0.25, -0.2) is 9.78 Å². The highest BCUT2D eigenvalue weighted by atomic mass is 35.5. The topological polar surface area (TPSA) is 54.5 Å². The second kappa shape index (κ2) is 9.08. The van der Waals surface area contributed by atoms with Crippen LogP contribution in [0.15, 0.2) is 53.4 Å². The molecule has 1 N–H and O–H groups in total. The Morgan fingerprint density at radius 3 is 2.85 bits per heavy atom. The van der Waals surface area contributed by atoms with E-state index in [9.17, 15) is 4.79 Å². The average Bonchev–Trinajstić information content (AvgIpc) is 3.17. The molecule has 0 saturated heterocycles. The molecule has 0 aliphatic carbocycles. The molecule has 0 atom stereocenters. The number of urea groups is 1. The lowest BCUT2D eigenvalue weighted by atomic mass is 10.2. The fourth-order valence-electron chi connectivity index (χ4n) is 2.35. The summed E-state index contributed by atoms with van der Waals surface area (Å²) in [6.45, 7) is 0.722. The molecule has 2 amide bonds. The quantitative estimate of drug-likeness (QED) is 0.555. The summed E-state index contributed by atoms with van der Waals surface area (Å²) >= 11 is 13.7. The number of halogens is 2. The minimum atomic E-state index is -0.261. The Morgan fingerprint density at radius 1 is 1.26 bits per heavy atom. The molecule has 0 radical (unpaired) electrons. The number of nitrogens with zero attached hydrogens (tertiary/aromatic N) is 2. The Labute approximate surface area is 171 Å². The Kier molecular flexibility index (Phi) is 6.55. The van der Waals surface area contributed by atoms with Gasteiger partial charge in [-0.15, -0.1) is 11.3 Å². The van der Waals surface area contributed by atoms with Crippen LogP contribution in [0.3, 0.4) is 0 Å². The molecule has 0 aliphatic heterocycles. The van der Waals surface area contributed by atoms with E-state index in [0.717, 1.165) is 11.3 Å². The molecule has 0 saturated carbocycles. The van der Waals surface area contributed by atoms with Gasteiger partial charge in [0.05, 0.1) is 21.2 Å². The third-order valence-corrected chi connectivity index (χ3v) is 5.23. The summed E-state index contributed by atoms with van der Waals surface area (Å²) in [6, 6.07) is 12.3. The summed E-state index contributed by atoms with van der Waals surface area (Å²) in [5, 5.41) is 5.70. The number of benzene rings is 2. The number of ether oxygens (including phenoxy) is 1. The monoisotopic (exact) mass is 421 g/mol. The fraction of sp³-hybridized carbons (Fsp3) is 0.158. The van der Waals surface area contributed by atoms with Gasteiger partial charge in [0.15, 0.2) is 0 Å². The van der Waals surface area contributed by atoms with Crippen LogP contribution in [0, 0.1) is 0 Å². The number of aromatic nitrogens is 1. The second-order valence-corrected chi connectivity index (χ2v) is 7.30. The Morgan fingerprint density at radius 2 is 2.07 bits per heavy atom. The van der Waals surface area contributed by atoms with Crippen LogP contribution in [-0.2, 0) is 13.2 Å². The van der Waals surface area contributed by atoms with Gasteiger partial charge in [0.1, 0.15) is 12.4 Å². The van der Waals surface area contributed by atoms with E-state index in [0.29, 0.717) is 34.6 Å². The van der Waals surface area contributed by atoms with Gasteiger partial charge in [-0.05, 0) is 23.8 Å². The van der Waals surface area contributed by atoms with E-state index in [1.807, 2.05) is 23.6 Å². The number of carbonyl (C=O) groups excluding carboxylic acids is 1. The molecule has 5 nitrogen and oxygen atoms in total. The van der Waals surface area contributed by atoms with Crippen LogP contribution in [0.5, 0.6) is 5.75 Å². The van der Waals surface area contributed by atoms with Crippen molar-refractivity contribution in [2.45, 2.75) is 13.2 Å². The van der Waals surface area contributed by atoms with Crippen molar-refractivity contribution < 1.29 is 9.53 Å². The van der Waals surface area contributed by atoms with Gasteiger partial charge >= 0.3 is 6.03 Å². The first kappa shape index (κ1) is 19.5. The van der Waals surface area contributed by atoms with Crippen LogP contribution in [-0.4, -0.2) is 23.0 Å². The molecule has 0 aliphatic rings. The lowest BCUT2D eigenvalue weighted by molar-refractivity contribution is 0.220. The molecule has 0 fully saturated rings. The SMILES string of the molecule is CN(Cc1cccc(Cl)c1Cl)C(=O)Nc1cccc(OCc2cscn2)c1. The van der Waals surface area contributed by atoms with Crippen LogP contribution < -0.4 is 10.1 Å². The van der Waals surface area contributed by atoms with Crippen molar-refractivity contribution in [2.24, 2.45) is 0 Å². The highest BCUT2D eigenvalue weighted by Crippen LogP contribution is 2.26. The van der Waals surface area contributed by atoms with Crippen LogP contribution in [0.2, 0.25) is 10.0 Å². The highest BCUT2D eigenvalue weighted by Gasteiger charge is 2.13. The normalized spacial score (nSPS) is 10.5. The molecular formula is C19H17Cl2N3O2S. The number of rotatable bonds is 6. The maximum atomic E-state index is 12.5. The number of hydrogen-bond donors (Lipinski definition) is 1. The number of anilines is 1. The van der Waals surface area contributed by atoms with Gasteiger partial charge in [-0.2, -0.15) is 0 Å². The van der Waals surface area contributed by atoms with E-state index in [-0.39, 0.29) is 6.03 Å². The molecule has 3 aromatic rings. The third-order valence-electron chi connectivity index (χ3n) is 3.74. The van der Waals surface area contributed by atoms with E-state index in [2.05, 4.69) is 10.3 Å². The van der Waals surface area contributed by atoms with Gasteiger partial charge in [0, 0.05) is 30.7 Å². The Bertz CT molecular complexity index is 919. The van der Waals surface area contributed by atoms with Crippen LogP contribution in [0.1, 0.15) is 11.3 Å². The Balaban J connectivity index is 1.59. The molecule has 0 bridgehead atoms. The minimum Gasteiger partial charge on any atom is -0.487 e. The summed E-state index contributed by atoms with van der Waals surface area (Å²) in [5.41, 5.74) is 4.05. The van der Waals surface area contributed by atoms with Gasteiger partial charge < -0.3 is 15.0 Å². The highest BCUT2D eigenvalue weighted by molar-refractivity contribution is 7.07. The van der Waals surface area contributed by atoms with Gasteiger partial charge in [0.2, 0.25) is 0 Å². The first-order valence-corrected chi connectivity index (χ1v) is 9.78. The molecule has 27 heavy (non-hydrogen) atoms. The Hall–Kier alpha value is -2.28. The maximum absolute atomic E-state index is 12.5. The zero-order chi connectivity index (χ0) is 19.2. The number of thiazole rings is 1. The lowest BCUT2D eigenvalue weighted by Crippen LogP contribution is -2.30. The minimum absolute atomic E-state index is 0.261.